The highest BCUT2D eigenvalue weighted by molar-refractivity contribution is 6.63. The quantitative estimate of drug-likeness (QED) is 0.230. The van der Waals surface area contributed by atoms with Gasteiger partial charge in [-0.05, 0) is 26.2 Å². The van der Waals surface area contributed by atoms with Crippen LogP contribution in [0.15, 0.2) is 12.2 Å². The zero-order valence-corrected chi connectivity index (χ0v) is 9.21. The molecule has 0 heterocycles. The molecule has 0 amide bonds. The summed E-state index contributed by atoms with van der Waals surface area (Å²) in [6, 6.07) is 0. The van der Waals surface area contributed by atoms with Gasteiger partial charge in [0.1, 0.15) is 0 Å². The van der Waals surface area contributed by atoms with E-state index in [2.05, 4.69) is 4.74 Å². The Balaban J connectivity index is 3.74. The Morgan fingerprint density at radius 2 is 2.00 bits per heavy atom. The lowest BCUT2D eigenvalue weighted by atomic mass is 10.1. The Labute approximate surface area is 89.8 Å². The van der Waals surface area contributed by atoms with Gasteiger partial charge in [0.05, 0.1) is 7.11 Å². The standard InChI is InChI=1S/C11H17NO3/c1-3-4-5-6-7-8-9(13)10(12)11(14)15-2/h3-4,12H,5-8H2,1-2H3/b4-3-,12-10?. The van der Waals surface area contributed by atoms with Gasteiger partial charge in [0.2, 0.25) is 0 Å². The molecule has 0 spiro atoms. The van der Waals surface area contributed by atoms with Crippen LogP contribution in [0.3, 0.4) is 0 Å². The van der Waals surface area contributed by atoms with E-state index >= 15 is 0 Å². The maximum absolute atomic E-state index is 11.2. The maximum Gasteiger partial charge on any atom is 0.359 e. The molecule has 0 unspecified atom stereocenters. The number of nitrogens with one attached hydrogen (secondary N) is 1. The summed E-state index contributed by atoms with van der Waals surface area (Å²) in [6.07, 6.45) is 6.74. The minimum Gasteiger partial charge on any atom is -0.464 e. The number of ketones is 1. The number of carbonyl (C=O) groups excluding carboxylic acids is 2. The number of allylic oxidation sites excluding steroid dienone is 2. The lowest BCUT2D eigenvalue weighted by molar-refractivity contribution is -0.133. The highest BCUT2D eigenvalue weighted by Gasteiger charge is 2.17. The third kappa shape index (κ3) is 5.78. The van der Waals surface area contributed by atoms with E-state index in [1.807, 2.05) is 19.1 Å². The minimum atomic E-state index is -0.853. The fourth-order valence-electron chi connectivity index (χ4n) is 1.06. The van der Waals surface area contributed by atoms with Crippen molar-refractivity contribution in [3.63, 3.8) is 0 Å². The van der Waals surface area contributed by atoms with Gasteiger partial charge >= 0.3 is 5.97 Å². The fraction of sp³-hybridized carbons (Fsp3) is 0.545. The first-order chi connectivity index (χ1) is 7.13. The van der Waals surface area contributed by atoms with Crippen molar-refractivity contribution in [1.29, 1.82) is 5.41 Å². The number of unbranched alkanes of at least 4 members (excludes halogenated alkanes) is 2. The Hall–Kier alpha value is -1.45. The molecule has 84 valence electrons. The predicted octanol–water partition coefficient (Wildman–Crippen LogP) is 1.88. The van der Waals surface area contributed by atoms with Crippen LogP contribution in [0.1, 0.15) is 32.6 Å². The molecule has 0 aromatic heterocycles. The highest BCUT2D eigenvalue weighted by Crippen LogP contribution is 2.02. The third-order valence-electron chi connectivity index (χ3n) is 1.93. The first-order valence-electron chi connectivity index (χ1n) is 4.94. The van der Waals surface area contributed by atoms with Crippen LogP contribution in [0.25, 0.3) is 0 Å². The van der Waals surface area contributed by atoms with Gasteiger partial charge in [-0.3, -0.25) is 10.2 Å². The van der Waals surface area contributed by atoms with Crippen LogP contribution in [-0.4, -0.2) is 24.6 Å². The first kappa shape index (κ1) is 13.5. The molecular weight excluding hydrogens is 194 g/mol. The minimum absolute atomic E-state index is 0.242. The Kier molecular flexibility index (Phi) is 7.14. The summed E-state index contributed by atoms with van der Waals surface area (Å²) >= 11 is 0. The van der Waals surface area contributed by atoms with Crippen molar-refractivity contribution in [3.8, 4) is 0 Å². The smallest absolute Gasteiger partial charge is 0.359 e. The molecule has 0 aliphatic carbocycles. The van der Waals surface area contributed by atoms with Crippen LogP contribution in [0.4, 0.5) is 0 Å². The van der Waals surface area contributed by atoms with Crippen molar-refractivity contribution in [1.82, 2.24) is 0 Å². The Morgan fingerprint density at radius 3 is 2.53 bits per heavy atom. The average molecular weight is 211 g/mol. The van der Waals surface area contributed by atoms with E-state index in [1.54, 1.807) is 0 Å². The fourth-order valence-corrected chi connectivity index (χ4v) is 1.06. The number of ether oxygens (including phenoxy) is 1. The lowest BCUT2D eigenvalue weighted by Gasteiger charge is -2.00. The molecule has 4 heteroatoms. The van der Waals surface area contributed by atoms with E-state index < -0.39 is 17.5 Å². The monoisotopic (exact) mass is 211 g/mol. The molecule has 0 fully saturated rings. The number of Topliss-reactive ketones (excluding diaryl/α,β-unsaturated/α-hetero) is 1. The molecule has 0 saturated carbocycles. The number of hydrogen-bond acceptors (Lipinski definition) is 4. The van der Waals surface area contributed by atoms with E-state index in [9.17, 15) is 9.59 Å². The van der Waals surface area contributed by atoms with Gasteiger partial charge in [0.15, 0.2) is 11.5 Å². The van der Waals surface area contributed by atoms with Crippen LogP contribution in [0.5, 0.6) is 0 Å². The number of carbonyl (C=O) groups is 2. The summed E-state index contributed by atoms with van der Waals surface area (Å²) in [5.41, 5.74) is -0.552. The lowest BCUT2D eigenvalue weighted by Crippen LogP contribution is -2.24. The average Bonchev–Trinajstić information content (AvgIpc) is 2.26. The number of esters is 1. The second kappa shape index (κ2) is 7.91. The molecule has 0 aromatic carbocycles. The molecule has 0 aliphatic heterocycles. The van der Waals surface area contributed by atoms with E-state index in [0.29, 0.717) is 6.42 Å². The van der Waals surface area contributed by atoms with Gasteiger partial charge in [-0.2, -0.15) is 0 Å². The zero-order chi connectivity index (χ0) is 11.7. The number of rotatable bonds is 7. The number of methoxy groups -OCH3 is 1. The van der Waals surface area contributed by atoms with E-state index in [4.69, 9.17) is 5.41 Å². The number of hydrogen-bond donors (Lipinski definition) is 1. The normalized spacial score (nSPS) is 10.3. The summed E-state index contributed by atoms with van der Waals surface area (Å²) in [6.45, 7) is 1.94. The molecule has 0 aromatic rings. The summed E-state index contributed by atoms with van der Waals surface area (Å²) in [5, 5.41) is 7.18. The first-order valence-corrected chi connectivity index (χ1v) is 4.94. The largest absolute Gasteiger partial charge is 0.464 e. The van der Waals surface area contributed by atoms with Crippen LogP contribution in [-0.2, 0) is 14.3 Å². The van der Waals surface area contributed by atoms with Crippen LogP contribution >= 0.6 is 0 Å². The van der Waals surface area contributed by atoms with Crippen LogP contribution in [0, 0.1) is 5.41 Å². The van der Waals surface area contributed by atoms with Gasteiger partial charge in [-0.1, -0.05) is 12.2 Å². The van der Waals surface area contributed by atoms with Gasteiger partial charge in [0, 0.05) is 6.42 Å². The molecule has 0 atom stereocenters. The summed E-state index contributed by atoms with van der Waals surface area (Å²) in [5.74, 6) is -1.30. The third-order valence-corrected chi connectivity index (χ3v) is 1.93. The van der Waals surface area contributed by atoms with Gasteiger partial charge in [-0.25, -0.2) is 4.79 Å². The predicted molar refractivity (Wildman–Crippen MR) is 58.0 cm³/mol. The second-order valence-corrected chi connectivity index (χ2v) is 3.10. The van der Waals surface area contributed by atoms with E-state index in [0.717, 1.165) is 20.0 Å². The molecule has 0 saturated heterocycles. The topological polar surface area (TPSA) is 67.2 Å². The Morgan fingerprint density at radius 1 is 1.33 bits per heavy atom. The molecule has 0 bridgehead atoms. The Bertz CT molecular complexity index is 269. The second-order valence-electron chi connectivity index (χ2n) is 3.10. The van der Waals surface area contributed by atoms with Crippen LogP contribution < -0.4 is 0 Å². The van der Waals surface area contributed by atoms with Crippen LogP contribution in [0.2, 0.25) is 0 Å². The van der Waals surface area contributed by atoms with Crippen molar-refractivity contribution < 1.29 is 14.3 Å². The van der Waals surface area contributed by atoms with Crippen molar-refractivity contribution >= 4 is 17.5 Å². The van der Waals surface area contributed by atoms with E-state index in [1.165, 1.54) is 0 Å². The maximum atomic E-state index is 11.2. The van der Waals surface area contributed by atoms with Gasteiger partial charge in [0.25, 0.3) is 0 Å². The molecular formula is C11H17NO3. The van der Waals surface area contributed by atoms with Crippen molar-refractivity contribution in [2.24, 2.45) is 0 Å². The molecule has 0 rings (SSSR count). The molecule has 1 N–H and O–H groups in total. The SMILES string of the molecule is C/C=C\CCCCC(=O)C(=N)C(=O)OC. The van der Waals surface area contributed by atoms with Gasteiger partial charge in [-0.15, -0.1) is 0 Å². The van der Waals surface area contributed by atoms with Crippen molar-refractivity contribution in [2.75, 3.05) is 7.11 Å². The zero-order valence-electron chi connectivity index (χ0n) is 9.21. The van der Waals surface area contributed by atoms with Crippen molar-refractivity contribution in [2.45, 2.75) is 32.6 Å². The summed E-state index contributed by atoms with van der Waals surface area (Å²) in [4.78, 5) is 22.0. The molecule has 4 nitrogen and oxygen atoms in total. The molecule has 0 radical (unpaired) electrons. The highest BCUT2D eigenvalue weighted by atomic mass is 16.5. The molecule has 0 aliphatic rings. The molecule has 15 heavy (non-hydrogen) atoms. The summed E-state index contributed by atoms with van der Waals surface area (Å²) < 4.78 is 4.28. The van der Waals surface area contributed by atoms with Gasteiger partial charge < -0.3 is 4.74 Å². The summed E-state index contributed by atoms with van der Waals surface area (Å²) in [7, 11) is 1.16. The van der Waals surface area contributed by atoms with Crippen molar-refractivity contribution in [3.05, 3.63) is 12.2 Å². The van der Waals surface area contributed by atoms with E-state index in [-0.39, 0.29) is 6.42 Å².